The molecule has 7 heteroatoms. The summed E-state index contributed by atoms with van der Waals surface area (Å²) in [5, 5.41) is 13.0. The van der Waals surface area contributed by atoms with Gasteiger partial charge in [-0.25, -0.2) is 4.79 Å². The molecule has 1 fully saturated rings. The third-order valence-electron chi connectivity index (χ3n) is 6.02. The maximum Gasteiger partial charge on any atom is 0.352 e. The molecule has 0 aromatic heterocycles. The van der Waals surface area contributed by atoms with E-state index in [9.17, 15) is 14.7 Å². The SMILES string of the molecule is O=C(O)/C(=C\c1ccc(Oc2ccccc2Br)cc1)NC(=O)C1(c2ccc(Cl)cc2)CCCC1. The number of ether oxygens (including phenoxy) is 1. The van der Waals surface area contributed by atoms with E-state index in [2.05, 4.69) is 21.2 Å². The van der Waals surface area contributed by atoms with Gasteiger partial charge in [-0.2, -0.15) is 0 Å². The van der Waals surface area contributed by atoms with Gasteiger partial charge in [-0.1, -0.05) is 60.8 Å². The van der Waals surface area contributed by atoms with Gasteiger partial charge in [0, 0.05) is 5.02 Å². The smallest absolute Gasteiger partial charge is 0.352 e. The van der Waals surface area contributed by atoms with Crippen LogP contribution in [0.2, 0.25) is 5.02 Å². The molecule has 0 aliphatic heterocycles. The molecular weight excluding hydrogens is 518 g/mol. The van der Waals surface area contributed by atoms with Crippen LogP contribution in [0.4, 0.5) is 0 Å². The van der Waals surface area contributed by atoms with E-state index in [-0.39, 0.29) is 11.6 Å². The van der Waals surface area contributed by atoms with Crippen molar-refractivity contribution in [2.45, 2.75) is 31.1 Å². The van der Waals surface area contributed by atoms with Gasteiger partial charge in [-0.05, 0) is 82.4 Å². The van der Waals surface area contributed by atoms with Gasteiger partial charge in [0.15, 0.2) is 0 Å². The molecule has 0 heterocycles. The Labute approximate surface area is 211 Å². The van der Waals surface area contributed by atoms with Gasteiger partial charge < -0.3 is 15.2 Å². The fraction of sp³-hybridized carbons (Fsp3) is 0.185. The number of carboxylic acid groups (broad SMARTS) is 1. The van der Waals surface area contributed by atoms with Crippen molar-refractivity contribution in [2.24, 2.45) is 0 Å². The Kier molecular flexibility index (Phi) is 7.39. The molecule has 1 saturated carbocycles. The van der Waals surface area contributed by atoms with Crippen LogP contribution in [-0.4, -0.2) is 17.0 Å². The summed E-state index contributed by atoms with van der Waals surface area (Å²) in [5.74, 6) is -0.230. The monoisotopic (exact) mass is 539 g/mol. The van der Waals surface area contributed by atoms with E-state index in [4.69, 9.17) is 16.3 Å². The molecule has 1 aliphatic carbocycles. The average Bonchev–Trinajstić information content (AvgIpc) is 3.33. The summed E-state index contributed by atoms with van der Waals surface area (Å²) in [5.41, 5.74) is 0.541. The highest BCUT2D eigenvalue weighted by Crippen LogP contribution is 2.42. The Hall–Kier alpha value is -3.09. The van der Waals surface area contributed by atoms with Crippen molar-refractivity contribution in [2.75, 3.05) is 0 Å². The van der Waals surface area contributed by atoms with Crippen molar-refractivity contribution in [3.8, 4) is 11.5 Å². The second kappa shape index (κ2) is 10.5. The predicted molar refractivity (Wildman–Crippen MR) is 136 cm³/mol. The lowest BCUT2D eigenvalue weighted by atomic mass is 9.78. The van der Waals surface area contributed by atoms with Crippen molar-refractivity contribution in [1.29, 1.82) is 0 Å². The molecule has 34 heavy (non-hydrogen) atoms. The molecule has 0 unspecified atom stereocenters. The van der Waals surface area contributed by atoms with Crippen LogP contribution in [0, 0.1) is 0 Å². The van der Waals surface area contributed by atoms with Crippen LogP contribution < -0.4 is 10.1 Å². The first-order valence-electron chi connectivity index (χ1n) is 10.9. The van der Waals surface area contributed by atoms with E-state index in [1.54, 1.807) is 36.4 Å². The van der Waals surface area contributed by atoms with Gasteiger partial charge in [0.1, 0.15) is 17.2 Å². The lowest BCUT2D eigenvalue weighted by Crippen LogP contribution is -2.43. The summed E-state index contributed by atoms with van der Waals surface area (Å²) in [6.45, 7) is 0. The molecular formula is C27H23BrClNO4. The number of carboxylic acids is 1. The van der Waals surface area contributed by atoms with Crippen LogP contribution in [0.5, 0.6) is 11.5 Å². The topological polar surface area (TPSA) is 75.6 Å². The molecule has 0 spiro atoms. The molecule has 2 N–H and O–H groups in total. The zero-order valence-corrected chi connectivity index (χ0v) is 20.6. The lowest BCUT2D eigenvalue weighted by molar-refractivity contribution is -0.135. The summed E-state index contributed by atoms with van der Waals surface area (Å²) in [6, 6.07) is 21.7. The summed E-state index contributed by atoms with van der Waals surface area (Å²) < 4.78 is 6.69. The first kappa shape index (κ1) is 24.0. The van der Waals surface area contributed by atoms with Gasteiger partial charge in [0.25, 0.3) is 0 Å². The first-order valence-corrected chi connectivity index (χ1v) is 12.1. The van der Waals surface area contributed by atoms with Crippen LogP contribution in [0.1, 0.15) is 36.8 Å². The number of carbonyl (C=O) groups excluding carboxylic acids is 1. The Bertz CT molecular complexity index is 1220. The van der Waals surface area contributed by atoms with Crippen molar-refractivity contribution in [3.63, 3.8) is 0 Å². The van der Waals surface area contributed by atoms with E-state index in [1.807, 2.05) is 36.4 Å². The molecule has 3 aromatic carbocycles. The van der Waals surface area contributed by atoms with Crippen molar-refractivity contribution >= 4 is 45.5 Å². The van der Waals surface area contributed by atoms with Crippen LogP contribution in [-0.2, 0) is 15.0 Å². The molecule has 0 saturated heterocycles. The number of para-hydroxylation sites is 1. The summed E-state index contributed by atoms with van der Waals surface area (Å²) >= 11 is 9.47. The fourth-order valence-corrected chi connectivity index (χ4v) is 4.73. The van der Waals surface area contributed by atoms with Crippen LogP contribution in [0.3, 0.4) is 0 Å². The molecule has 0 bridgehead atoms. The quantitative estimate of drug-likeness (QED) is 0.318. The van der Waals surface area contributed by atoms with Gasteiger partial charge in [0.2, 0.25) is 5.91 Å². The van der Waals surface area contributed by atoms with Gasteiger partial charge >= 0.3 is 5.97 Å². The highest BCUT2D eigenvalue weighted by molar-refractivity contribution is 9.10. The van der Waals surface area contributed by atoms with Crippen molar-refractivity contribution in [1.82, 2.24) is 5.32 Å². The number of nitrogens with one attached hydrogen (secondary N) is 1. The fourth-order valence-electron chi connectivity index (χ4n) is 4.24. The lowest BCUT2D eigenvalue weighted by Gasteiger charge is -2.28. The Morgan fingerprint density at radius 2 is 1.62 bits per heavy atom. The largest absolute Gasteiger partial charge is 0.477 e. The molecule has 5 nitrogen and oxygen atoms in total. The van der Waals surface area contributed by atoms with Crippen LogP contribution in [0.25, 0.3) is 6.08 Å². The number of rotatable bonds is 7. The third-order valence-corrected chi connectivity index (χ3v) is 6.93. The zero-order valence-electron chi connectivity index (χ0n) is 18.3. The molecule has 4 rings (SSSR count). The second-order valence-corrected chi connectivity index (χ2v) is 9.51. The maximum absolute atomic E-state index is 13.4. The number of carbonyl (C=O) groups is 2. The third kappa shape index (κ3) is 5.34. The standard InChI is InChI=1S/C27H23BrClNO4/c28-22-5-1-2-6-24(22)34-21-13-7-18(8-14-21)17-23(25(31)32)30-26(33)27(15-3-4-16-27)19-9-11-20(29)12-10-19/h1-2,5-14,17H,3-4,15-16H2,(H,30,33)(H,31,32)/b23-17+. The molecule has 1 amide bonds. The Balaban J connectivity index is 1.54. The normalized spacial score (nSPS) is 15.1. The van der Waals surface area contributed by atoms with E-state index < -0.39 is 11.4 Å². The minimum Gasteiger partial charge on any atom is -0.477 e. The van der Waals surface area contributed by atoms with Gasteiger partial charge in [-0.15, -0.1) is 0 Å². The van der Waals surface area contributed by atoms with Crippen molar-refractivity contribution in [3.05, 3.63) is 99.1 Å². The number of hydrogen-bond donors (Lipinski definition) is 2. The highest BCUT2D eigenvalue weighted by Gasteiger charge is 2.43. The minimum atomic E-state index is -1.20. The highest BCUT2D eigenvalue weighted by atomic mass is 79.9. The molecule has 1 aliphatic rings. The van der Waals surface area contributed by atoms with E-state index in [0.717, 1.165) is 22.9 Å². The second-order valence-electron chi connectivity index (χ2n) is 8.21. The van der Waals surface area contributed by atoms with E-state index in [0.29, 0.717) is 34.9 Å². The van der Waals surface area contributed by atoms with E-state index >= 15 is 0 Å². The average molecular weight is 541 g/mol. The molecule has 0 atom stereocenters. The zero-order chi connectivity index (χ0) is 24.1. The summed E-state index contributed by atoms with van der Waals surface area (Å²) in [6.07, 6.45) is 4.58. The number of hydrogen-bond acceptors (Lipinski definition) is 3. The summed E-state index contributed by atoms with van der Waals surface area (Å²) in [7, 11) is 0. The number of halogens is 2. The Morgan fingerprint density at radius 1 is 0.971 bits per heavy atom. The van der Waals surface area contributed by atoms with Crippen LogP contribution >= 0.6 is 27.5 Å². The molecule has 3 aromatic rings. The van der Waals surface area contributed by atoms with Gasteiger partial charge in [-0.3, -0.25) is 4.79 Å². The Morgan fingerprint density at radius 3 is 2.24 bits per heavy atom. The summed E-state index contributed by atoms with van der Waals surface area (Å²) in [4.78, 5) is 25.3. The van der Waals surface area contributed by atoms with Crippen molar-refractivity contribution < 1.29 is 19.4 Å². The van der Waals surface area contributed by atoms with Crippen LogP contribution in [0.15, 0.2) is 83.0 Å². The number of aliphatic carboxylic acids is 1. The molecule has 174 valence electrons. The number of benzene rings is 3. The number of amides is 1. The van der Waals surface area contributed by atoms with Gasteiger partial charge in [0.05, 0.1) is 9.89 Å². The minimum absolute atomic E-state index is 0.176. The molecule has 0 radical (unpaired) electrons. The maximum atomic E-state index is 13.4. The predicted octanol–water partition coefficient (Wildman–Crippen LogP) is 6.95. The first-order chi connectivity index (χ1) is 16.4. The van der Waals surface area contributed by atoms with E-state index in [1.165, 1.54) is 6.08 Å².